The van der Waals surface area contributed by atoms with E-state index in [1.165, 1.54) is 31.2 Å². The molecule has 1 amide bonds. The van der Waals surface area contributed by atoms with Crippen molar-refractivity contribution in [3.05, 3.63) is 47.3 Å². The van der Waals surface area contributed by atoms with Crippen molar-refractivity contribution >= 4 is 5.91 Å². The molecule has 2 aromatic rings. The first kappa shape index (κ1) is 18.7. The lowest BCUT2D eigenvalue weighted by Crippen LogP contribution is -2.60. The number of carbonyl (C=O) groups excluding carboxylic acids is 1. The van der Waals surface area contributed by atoms with E-state index in [0.717, 1.165) is 31.1 Å². The molecular weight excluding hydrogens is 366 g/mol. The van der Waals surface area contributed by atoms with Crippen molar-refractivity contribution in [1.82, 2.24) is 15.0 Å². The molecule has 6 heteroatoms. The summed E-state index contributed by atoms with van der Waals surface area (Å²) in [5.41, 5.74) is 2.15. The zero-order valence-electron chi connectivity index (χ0n) is 17.2. The number of carbonyl (C=O) groups is 1. The van der Waals surface area contributed by atoms with E-state index in [1.807, 2.05) is 11.8 Å². The number of ether oxygens (including phenoxy) is 1. The van der Waals surface area contributed by atoms with Crippen LogP contribution in [0.15, 0.2) is 34.9 Å². The lowest BCUT2D eigenvalue weighted by Gasteiger charge is -2.55. The topological polar surface area (TPSA) is 58.8 Å². The molecular formula is C23H29N3O3. The Morgan fingerprint density at radius 2 is 2.00 bits per heavy atom. The second-order valence-electron chi connectivity index (χ2n) is 8.89. The van der Waals surface area contributed by atoms with Crippen LogP contribution in [-0.2, 0) is 0 Å². The summed E-state index contributed by atoms with van der Waals surface area (Å²) in [5, 5.41) is 3.89. The molecule has 4 atom stereocenters. The predicted molar refractivity (Wildman–Crippen MR) is 109 cm³/mol. The molecule has 0 unspecified atom stereocenters. The highest BCUT2D eigenvalue weighted by Crippen LogP contribution is 2.44. The highest BCUT2D eigenvalue weighted by molar-refractivity contribution is 5.91. The second kappa shape index (κ2) is 7.48. The number of hydrogen-bond donors (Lipinski definition) is 0. The van der Waals surface area contributed by atoms with Gasteiger partial charge in [0.25, 0.3) is 5.91 Å². The molecule has 5 rings (SSSR count). The van der Waals surface area contributed by atoms with Crippen LogP contribution in [0, 0.1) is 18.8 Å². The van der Waals surface area contributed by atoms with Gasteiger partial charge >= 0.3 is 0 Å². The zero-order chi connectivity index (χ0) is 20.0. The van der Waals surface area contributed by atoms with Crippen molar-refractivity contribution in [2.45, 2.75) is 44.7 Å². The third-order valence-electron chi connectivity index (χ3n) is 7.01. The Bertz CT molecular complexity index is 878. The van der Waals surface area contributed by atoms with E-state index in [9.17, 15) is 4.79 Å². The van der Waals surface area contributed by atoms with Crippen molar-refractivity contribution in [1.29, 1.82) is 0 Å². The Morgan fingerprint density at radius 1 is 1.17 bits per heavy atom. The molecule has 3 fully saturated rings. The summed E-state index contributed by atoms with van der Waals surface area (Å²) >= 11 is 0. The molecule has 4 heterocycles. The van der Waals surface area contributed by atoms with Crippen molar-refractivity contribution in [2.24, 2.45) is 11.8 Å². The third kappa shape index (κ3) is 3.44. The molecule has 154 valence electrons. The molecule has 0 radical (unpaired) electrons. The van der Waals surface area contributed by atoms with E-state index in [2.05, 4.69) is 34.3 Å². The summed E-state index contributed by atoms with van der Waals surface area (Å²) in [4.78, 5) is 17.7. The van der Waals surface area contributed by atoms with Crippen LogP contribution in [0.4, 0.5) is 0 Å². The van der Waals surface area contributed by atoms with Crippen molar-refractivity contribution in [3.8, 4) is 5.75 Å². The number of rotatable bonds is 3. The molecule has 3 aliphatic rings. The van der Waals surface area contributed by atoms with Crippen molar-refractivity contribution in [3.63, 3.8) is 0 Å². The number of fused-ring (bicyclic) bond motifs is 4. The number of piperidine rings is 3. The summed E-state index contributed by atoms with van der Waals surface area (Å²) in [6, 6.07) is 11.4. The third-order valence-corrected chi connectivity index (χ3v) is 7.01. The van der Waals surface area contributed by atoms with Gasteiger partial charge in [-0.3, -0.25) is 9.69 Å². The molecule has 0 saturated carbocycles. The van der Waals surface area contributed by atoms with Gasteiger partial charge in [-0.2, -0.15) is 0 Å². The van der Waals surface area contributed by atoms with Crippen LogP contribution in [0.2, 0.25) is 0 Å². The average molecular weight is 396 g/mol. The molecule has 1 aromatic heterocycles. The van der Waals surface area contributed by atoms with Gasteiger partial charge in [0.2, 0.25) is 5.76 Å². The fraction of sp³-hybridized carbons (Fsp3) is 0.565. The van der Waals surface area contributed by atoms with Crippen LogP contribution in [0.1, 0.15) is 53.5 Å². The zero-order valence-corrected chi connectivity index (χ0v) is 17.2. The van der Waals surface area contributed by atoms with Crippen LogP contribution in [0.5, 0.6) is 5.75 Å². The Balaban J connectivity index is 1.34. The summed E-state index contributed by atoms with van der Waals surface area (Å²) in [5.74, 6) is 2.34. The van der Waals surface area contributed by atoms with Crippen molar-refractivity contribution in [2.75, 3.05) is 26.7 Å². The van der Waals surface area contributed by atoms with Gasteiger partial charge in [0.05, 0.1) is 12.8 Å². The van der Waals surface area contributed by atoms with Gasteiger partial charge in [-0.05, 0) is 62.1 Å². The molecule has 29 heavy (non-hydrogen) atoms. The SMILES string of the molecule is COc1ccc([C@H]2CCC[C@H]3[C@@H]4C[C@@H](CN(C(=O)c5cc(C)no5)C4)CN23)cc1. The molecule has 0 spiro atoms. The number of methoxy groups -OCH3 is 1. The number of benzene rings is 1. The smallest absolute Gasteiger partial charge is 0.292 e. The standard InChI is InChI=1S/C23H29N3O3/c1-15-10-22(29-24-15)23(27)25-12-16-11-18(14-25)21-5-3-4-20(26(21)13-16)17-6-8-19(28-2)9-7-17/h6-10,16,18,20-21H,3-5,11-14H2,1-2H3/t16-,18+,20+,21-/m0/s1. The summed E-state index contributed by atoms with van der Waals surface area (Å²) < 4.78 is 10.6. The minimum absolute atomic E-state index is 0.00346. The van der Waals surface area contributed by atoms with Gasteiger partial charge in [-0.15, -0.1) is 0 Å². The van der Waals surface area contributed by atoms with E-state index < -0.39 is 0 Å². The van der Waals surface area contributed by atoms with Gasteiger partial charge in [0.15, 0.2) is 0 Å². The lowest BCUT2D eigenvalue weighted by molar-refractivity contribution is -0.0517. The van der Waals surface area contributed by atoms with E-state index >= 15 is 0 Å². The van der Waals surface area contributed by atoms with Gasteiger partial charge in [0, 0.05) is 37.8 Å². The first-order valence-corrected chi connectivity index (χ1v) is 10.7. The Kier molecular flexibility index (Phi) is 4.82. The number of nitrogens with zero attached hydrogens (tertiary/aromatic N) is 3. The maximum Gasteiger partial charge on any atom is 0.292 e. The molecule has 0 aliphatic carbocycles. The Hall–Kier alpha value is -2.34. The van der Waals surface area contributed by atoms with Crippen LogP contribution < -0.4 is 4.74 Å². The van der Waals surface area contributed by atoms with Crippen LogP contribution in [0.3, 0.4) is 0 Å². The first-order chi connectivity index (χ1) is 14.1. The number of aryl methyl sites for hydroxylation is 1. The first-order valence-electron chi connectivity index (χ1n) is 10.7. The van der Waals surface area contributed by atoms with Crippen LogP contribution >= 0.6 is 0 Å². The minimum atomic E-state index is -0.00346. The number of aromatic nitrogens is 1. The van der Waals surface area contributed by atoms with Gasteiger partial charge in [0.1, 0.15) is 5.75 Å². The van der Waals surface area contributed by atoms with Crippen LogP contribution in [0.25, 0.3) is 0 Å². The van der Waals surface area contributed by atoms with E-state index in [0.29, 0.717) is 29.7 Å². The maximum atomic E-state index is 12.9. The molecule has 3 saturated heterocycles. The molecule has 3 aliphatic heterocycles. The van der Waals surface area contributed by atoms with Crippen LogP contribution in [-0.4, -0.2) is 53.6 Å². The van der Waals surface area contributed by atoms with E-state index in [-0.39, 0.29) is 5.91 Å². The summed E-state index contributed by atoms with van der Waals surface area (Å²) in [6.45, 7) is 4.56. The number of likely N-dealkylation sites (tertiary alicyclic amines) is 1. The molecule has 0 N–H and O–H groups in total. The monoisotopic (exact) mass is 395 g/mol. The fourth-order valence-electron chi connectivity index (χ4n) is 5.78. The van der Waals surface area contributed by atoms with E-state index in [4.69, 9.17) is 9.26 Å². The summed E-state index contributed by atoms with van der Waals surface area (Å²) in [7, 11) is 1.71. The Labute approximate surface area is 171 Å². The number of amides is 1. The minimum Gasteiger partial charge on any atom is -0.497 e. The Morgan fingerprint density at radius 3 is 2.72 bits per heavy atom. The average Bonchev–Trinajstić information content (AvgIpc) is 3.19. The van der Waals surface area contributed by atoms with Crippen molar-refractivity contribution < 1.29 is 14.1 Å². The van der Waals surface area contributed by atoms with E-state index in [1.54, 1.807) is 13.2 Å². The second-order valence-corrected chi connectivity index (χ2v) is 8.89. The largest absolute Gasteiger partial charge is 0.497 e. The fourth-order valence-corrected chi connectivity index (χ4v) is 5.78. The van der Waals surface area contributed by atoms with Gasteiger partial charge in [-0.25, -0.2) is 0 Å². The maximum absolute atomic E-state index is 12.9. The highest BCUT2D eigenvalue weighted by Gasteiger charge is 2.46. The molecule has 1 aromatic carbocycles. The summed E-state index contributed by atoms with van der Waals surface area (Å²) in [6.07, 6.45) is 4.92. The lowest BCUT2D eigenvalue weighted by atomic mass is 9.74. The van der Waals surface area contributed by atoms with Gasteiger partial charge < -0.3 is 14.2 Å². The van der Waals surface area contributed by atoms with Gasteiger partial charge in [-0.1, -0.05) is 17.3 Å². The molecule has 6 nitrogen and oxygen atoms in total. The highest BCUT2D eigenvalue weighted by atomic mass is 16.5. The number of hydrogen-bond acceptors (Lipinski definition) is 5. The molecule has 2 bridgehead atoms. The predicted octanol–water partition coefficient (Wildman–Crippen LogP) is 3.68. The normalized spacial score (nSPS) is 29.4. The quantitative estimate of drug-likeness (QED) is 0.793.